The molecule has 0 fully saturated rings. The van der Waals surface area contributed by atoms with Gasteiger partial charge in [-0.3, -0.25) is 0 Å². The minimum Gasteiger partial charge on any atom is -0.369 e. The van der Waals surface area contributed by atoms with E-state index < -0.39 is 0 Å². The Morgan fingerprint density at radius 1 is 1.43 bits per heavy atom. The monoisotopic (exact) mass is 205 g/mol. The summed E-state index contributed by atoms with van der Waals surface area (Å²) in [6.07, 6.45) is 3.80. The molecule has 0 saturated carbocycles. The lowest BCUT2D eigenvalue weighted by atomic mass is 10.2. The van der Waals surface area contributed by atoms with Gasteiger partial charge in [-0.25, -0.2) is 4.98 Å². The Bertz CT molecular complexity index is 436. The molecule has 0 saturated heterocycles. The molecule has 0 aliphatic heterocycles. The van der Waals surface area contributed by atoms with E-state index in [-0.39, 0.29) is 0 Å². The maximum Gasteiger partial charge on any atom is 0.197 e. The first-order valence-corrected chi connectivity index (χ1v) is 5.47. The van der Waals surface area contributed by atoms with Gasteiger partial charge in [-0.05, 0) is 18.4 Å². The van der Waals surface area contributed by atoms with Gasteiger partial charge in [0.2, 0.25) is 0 Å². The van der Waals surface area contributed by atoms with E-state index in [0.29, 0.717) is 5.95 Å². The standard InChI is InChI=1S/C10H11N3S/c1-14-8-4-2-3-7(5-8)9-6-12-10(11)13-9/h2-6H,1H3,(H3,11,12,13). The van der Waals surface area contributed by atoms with Crippen LogP contribution in [0.4, 0.5) is 5.95 Å². The Labute approximate surface area is 86.7 Å². The summed E-state index contributed by atoms with van der Waals surface area (Å²) in [6.45, 7) is 0. The number of nitrogens with two attached hydrogens (primary N) is 1. The number of hydrogen-bond acceptors (Lipinski definition) is 3. The summed E-state index contributed by atoms with van der Waals surface area (Å²) < 4.78 is 0. The highest BCUT2D eigenvalue weighted by molar-refractivity contribution is 7.98. The molecule has 0 bridgehead atoms. The van der Waals surface area contributed by atoms with E-state index in [1.54, 1.807) is 18.0 Å². The van der Waals surface area contributed by atoms with Crippen LogP contribution in [0.3, 0.4) is 0 Å². The topological polar surface area (TPSA) is 54.7 Å². The molecule has 1 heterocycles. The maximum atomic E-state index is 5.51. The van der Waals surface area contributed by atoms with Gasteiger partial charge >= 0.3 is 0 Å². The van der Waals surface area contributed by atoms with E-state index >= 15 is 0 Å². The average Bonchev–Trinajstić information content (AvgIpc) is 2.65. The number of nitrogen functional groups attached to an aromatic ring is 1. The number of hydrogen-bond donors (Lipinski definition) is 2. The molecule has 1 aromatic heterocycles. The molecular weight excluding hydrogens is 194 g/mol. The summed E-state index contributed by atoms with van der Waals surface area (Å²) in [6, 6.07) is 8.25. The van der Waals surface area contributed by atoms with Crippen LogP contribution in [0, 0.1) is 0 Å². The number of nitrogens with zero attached hydrogens (tertiary/aromatic N) is 1. The van der Waals surface area contributed by atoms with Crippen LogP contribution >= 0.6 is 11.8 Å². The number of aromatic nitrogens is 2. The zero-order valence-corrected chi connectivity index (χ0v) is 8.64. The molecule has 14 heavy (non-hydrogen) atoms. The van der Waals surface area contributed by atoms with Crippen molar-refractivity contribution >= 4 is 17.7 Å². The Morgan fingerprint density at radius 3 is 2.93 bits per heavy atom. The van der Waals surface area contributed by atoms with Crippen LogP contribution in [0.2, 0.25) is 0 Å². The Morgan fingerprint density at radius 2 is 2.29 bits per heavy atom. The van der Waals surface area contributed by atoms with Crippen molar-refractivity contribution in [3.63, 3.8) is 0 Å². The van der Waals surface area contributed by atoms with E-state index in [2.05, 4.69) is 28.4 Å². The second-order valence-corrected chi connectivity index (χ2v) is 3.79. The van der Waals surface area contributed by atoms with Crippen molar-refractivity contribution in [1.29, 1.82) is 0 Å². The first-order chi connectivity index (χ1) is 6.79. The lowest BCUT2D eigenvalue weighted by Gasteiger charge is -1.99. The number of anilines is 1. The van der Waals surface area contributed by atoms with Crippen LogP contribution in [-0.2, 0) is 0 Å². The average molecular weight is 205 g/mol. The lowest BCUT2D eigenvalue weighted by molar-refractivity contribution is 1.32. The van der Waals surface area contributed by atoms with Gasteiger partial charge in [-0.15, -0.1) is 11.8 Å². The lowest BCUT2D eigenvalue weighted by Crippen LogP contribution is -1.85. The van der Waals surface area contributed by atoms with Gasteiger partial charge in [-0.2, -0.15) is 0 Å². The predicted molar refractivity (Wildman–Crippen MR) is 60.2 cm³/mol. The summed E-state index contributed by atoms with van der Waals surface area (Å²) in [5, 5.41) is 0. The summed E-state index contributed by atoms with van der Waals surface area (Å²) in [5.74, 6) is 0.453. The van der Waals surface area contributed by atoms with Crippen molar-refractivity contribution in [2.24, 2.45) is 0 Å². The summed E-state index contributed by atoms with van der Waals surface area (Å²) >= 11 is 1.72. The zero-order chi connectivity index (χ0) is 9.97. The van der Waals surface area contributed by atoms with Crippen molar-refractivity contribution in [2.45, 2.75) is 4.90 Å². The fourth-order valence-electron chi connectivity index (χ4n) is 1.27. The first kappa shape index (κ1) is 9.15. The molecule has 2 aromatic rings. The zero-order valence-electron chi connectivity index (χ0n) is 7.82. The number of thioether (sulfide) groups is 1. The second kappa shape index (κ2) is 3.75. The highest BCUT2D eigenvalue weighted by Gasteiger charge is 2.01. The maximum absolute atomic E-state index is 5.51. The Hall–Kier alpha value is -1.42. The number of aromatic amines is 1. The van der Waals surface area contributed by atoms with Gasteiger partial charge in [0.1, 0.15) is 0 Å². The summed E-state index contributed by atoms with van der Waals surface area (Å²) in [4.78, 5) is 8.20. The van der Waals surface area contributed by atoms with E-state index in [4.69, 9.17) is 5.73 Å². The minimum absolute atomic E-state index is 0.453. The van der Waals surface area contributed by atoms with E-state index in [1.165, 1.54) is 4.90 Å². The third-order valence-corrected chi connectivity index (χ3v) is 2.70. The van der Waals surface area contributed by atoms with Gasteiger partial charge < -0.3 is 10.7 Å². The van der Waals surface area contributed by atoms with Crippen molar-refractivity contribution in [3.05, 3.63) is 30.5 Å². The van der Waals surface area contributed by atoms with Gasteiger partial charge in [0.05, 0.1) is 11.9 Å². The van der Waals surface area contributed by atoms with Crippen molar-refractivity contribution in [2.75, 3.05) is 12.0 Å². The summed E-state index contributed by atoms with van der Waals surface area (Å²) in [7, 11) is 0. The Balaban J connectivity index is 2.41. The van der Waals surface area contributed by atoms with Gasteiger partial charge in [0, 0.05) is 10.5 Å². The molecule has 0 unspecified atom stereocenters. The number of nitrogens with one attached hydrogen (secondary N) is 1. The molecule has 4 heteroatoms. The molecule has 0 aliphatic rings. The summed E-state index contributed by atoms with van der Waals surface area (Å²) in [5.41, 5.74) is 7.58. The predicted octanol–water partition coefficient (Wildman–Crippen LogP) is 2.38. The fourth-order valence-corrected chi connectivity index (χ4v) is 1.73. The normalized spacial score (nSPS) is 10.4. The van der Waals surface area contributed by atoms with Gasteiger partial charge in [0.25, 0.3) is 0 Å². The van der Waals surface area contributed by atoms with Crippen molar-refractivity contribution < 1.29 is 0 Å². The smallest absolute Gasteiger partial charge is 0.197 e. The van der Waals surface area contributed by atoms with E-state index in [0.717, 1.165) is 11.3 Å². The molecule has 3 N–H and O–H groups in total. The van der Waals surface area contributed by atoms with Crippen LogP contribution in [0.25, 0.3) is 11.3 Å². The molecule has 0 radical (unpaired) electrons. The Kier molecular flexibility index (Phi) is 2.45. The second-order valence-electron chi connectivity index (χ2n) is 2.91. The van der Waals surface area contributed by atoms with Crippen LogP contribution < -0.4 is 5.73 Å². The first-order valence-electron chi connectivity index (χ1n) is 4.24. The molecule has 0 aliphatic carbocycles. The minimum atomic E-state index is 0.453. The SMILES string of the molecule is CSc1cccc(-c2cnc(N)[nH]2)c1. The highest BCUT2D eigenvalue weighted by Crippen LogP contribution is 2.23. The molecule has 72 valence electrons. The van der Waals surface area contributed by atoms with Crippen molar-refractivity contribution in [3.8, 4) is 11.3 Å². The van der Waals surface area contributed by atoms with Gasteiger partial charge in [-0.1, -0.05) is 12.1 Å². The largest absolute Gasteiger partial charge is 0.369 e. The number of imidazole rings is 1. The van der Waals surface area contributed by atoms with Crippen LogP contribution in [0.1, 0.15) is 0 Å². The number of H-pyrrole nitrogens is 1. The molecular formula is C10H11N3S. The van der Waals surface area contributed by atoms with E-state index in [1.807, 2.05) is 12.1 Å². The van der Waals surface area contributed by atoms with Crippen LogP contribution in [-0.4, -0.2) is 16.2 Å². The molecule has 1 aromatic carbocycles. The molecule has 3 nitrogen and oxygen atoms in total. The van der Waals surface area contributed by atoms with Gasteiger partial charge in [0.15, 0.2) is 5.95 Å². The third-order valence-electron chi connectivity index (χ3n) is 1.98. The molecule has 2 rings (SSSR count). The van der Waals surface area contributed by atoms with Crippen LogP contribution in [0.5, 0.6) is 0 Å². The third kappa shape index (κ3) is 1.75. The highest BCUT2D eigenvalue weighted by atomic mass is 32.2. The molecule has 0 spiro atoms. The quantitative estimate of drug-likeness (QED) is 0.740. The van der Waals surface area contributed by atoms with Crippen molar-refractivity contribution in [1.82, 2.24) is 9.97 Å². The van der Waals surface area contributed by atoms with Crippen LogP contribution in [0.15, 0.2) is 35.4 Å². The fraction of sp³-hybridized carbons (Fsp3) is 0.100. The molecule has 0 atom stereocenters. The number of benzene rings is 1. The number of rotatable bonds is 2. The molecule has 0 amide bonds. The van der Waals surface area contributed by atoms with E-state index in [9.17, 15) is 0 Å².